The van der Waals surface area contributed by atoms with Crippen molar-refractivity contribution in [2.45, 2.75) is 33.4 Å². The van der Waals surface area contributed by atoms with Crippen molar-refractivity contribution in [3.8, 4) is 0 Å². The van der Waals surface area contributed by atoms with Crippen molar-refractivity contribution < 1.29 is 14.0 Å². The van der Waals surface area contributed by atoms with Gasteiger partial charge in [0.1, 0.15) is 11.5 Å². The molecule has 10 heteroatoms. The van der Waals surface area contributed by atoms with E-state index in [0.29, 0.717) is 23.0 Å². The Hall–Kier alpha value is -3.07. The molecule has 2 N–H and O–H groups in total. The molecule has 0 aliphatic rings. The van der Waals surface area contributed by atoms with Crippen LogP contribution in [-0.2, 0) is 24.9 Å². The molecule has 3 aromatic rings. The fourth-order valence-electron chi connectivity index (χ4n) is 2.78. The lowest BCUT2D eigenvalue weighted by Crippen LogP contribution is -2.26. The van der Waals surface area contributed by atoms with Gasteiger partial charge in [0.15, 0.2) is 0 Å². The summed E-state index contributed by atoms with van der Waals surface area (Å²) in [4.78, 5) is 24.8. The van der Waals surface area contributed by atoms with Crippen LogP contribution in [0.15, 0.2) is 29.0 Å². The van der Waals surface area contributed by atoms with Gasteiger partial charge in [-0.2, -0.15) is 10.2 Å². The van der Waals surface area contributed by atoms with Gasteiger partial charge in [0.05, 0.1) is 47.6 Å². The molecule has 9 nitrogen and oxygen atoms in total. The minimum Gasteiger partial charge on any atom is -0.467 e. The Kier molecular flexibility index (Phi) is 5.84. The maximum atomic E-state index is 12.5. The molecule has 0 radical (unpaired) electrons. The summed E-state index contributed by atoms with van der Waals surface area (Å²) in [6, 6.07) is 3.50. The number of aromatic nitrogens is 4. The van der Waals surface area contributed by atoms with Crippen molar-refractivity contribution in [3.63, 3.8) is 0 Å². The first-order valence-corrected chi connectivity index (χ1v) is 9.06. The van der Waals surface area contributed by atoms with Gasteiger partial charge in [-0.25, -0.2) is 0 Å². The Morgan fingerprint density at radius 1 is 1.32 bits per heavy atom. The van der Waals surface area contributed by atoms with E-state index >= 15 is 0 Å². The highest BCUT2D eigenvalue weighted by Gasteiger charge is 2.19. The number of aryl methyl sites for hydroxylation is 3. The number of amides is 2. The number of nitrogens with one attached hydrogen (secondary N) is 2. The average molecular weight is 405 g/mol. The molecule has 0 saturated carbocycles. The van der Waals surface area contributed by atoms with Crippen molar-refractivity contribution in [2.24, 2.45) is 7.05 Å². The van der Waals surface area contributed by atoms with Gasteiger partial charge in [0.25, 0.3) is 5.91 Å². The van der Waals surface area contributed by atoms with E-state index in [1.807, 2.05) is 13.8 Å². The zero-order chi connectivity index (χ0) is 20.3. The van der Waals surface area contributed by atoms with E-state index < -0.39 is 0 Å². The smallest absolute Gasteiger partial charge is 0.272 e. The van der Waals surface area contributed by atoms with Gasteiger partial charge in [-0.1, -0.05) is 11.6 Å². The maximum absolute atomic E-state index is 12.5. The summed E-state index contributed by atoms with van der Waals surface area (Å²) in [5.41, 5.74) is 2.14. The maximum Gasteiger partial charge on any atom is 0.272 e. The van der Waals surface area contributed by atoms with E-state index in [1.54, 1.807) is 23.9 Å². The summed E-state index contributed by atoms with van der Waals surface area (Å²) in [7, 11) is 1.63. The van der Waals surface area contributed by atoms with E-state index in [0.717, 1.165) is 11.4 Å². The quantitative estimate of drug-likeness (QED) is 0.629. The van der Waals surface area contributed by atoms with Crippen LogP contribution in [-0.4, -0.2) is 31.4 Å². The molecule has 0 fully saturated rings. The number of nitrogens with zero attached hydrogens (tertiary/aromatic N) is 4. The summed E-state index contributed by atoms with van der Waals surface area (Å²) in [5.74, 6) is 0.0124. The molecule has 0 bridgehead atoms. The van der Waals surface area contributed by atoms with Gasteiger partial charge < -0.3 is 15.1 Å². The topological polar surface area (TPSA) is 107 Å². The molecule has 0 atom stereocenters. The first-order chi connectivity index (χ1) is 13.4. The number of furan rings is 1. The first kappa shape index (κ1) is 19.7. The highest BCUT2D eigenvalue weighted by atomic mass is 35.5. The van der Waals surface area contributed by atoms with Crippen LogP contribution in [0.25, 0.3) is 0 Å². The Bertz CT molecular complexity index is 990. The van der Waals surface area contributed by atoms with Gasteiger partial charge in [0.2, 0.25) is 5.91 Å². The van der Waals surface area contributed by atoms with Crippen molar-refractivity contribution >= 4 is 29.1 Å². The number of anilines is 1. The molecule has 3 aromatic heterocycles. The Morgan fingerprint density at radius 2 is 2.11 bits per heavy atom. The molecule has 0 saturated heterocycles. The monoisotopic (exact) mass is 404 g/mol. The Balaban J connectivity index is 1.61. The van der Waals surface area contributed by atoms with E-state index in [2.05, 4.69) is 20.8 Å². The molecule has 2 amide bonds. The number of carbonyl (C=O) groups excluding carboxylic acids is 2. The summed E-state index contributed by atoms with van der Waals surface area (Å²) >= 11 is 6.12. The number of hydrogen-bond acceptors (Lipinski definition) is 5. The van der Waals surface area contributed by atoms with Gasteiger partial charge >= 0.3 is 0 Å². The third-order valence-electron chi connectivity index (χ3n) is 4.28. The van der Waals surface area contributed by atoms with E-state index in [9.17, 15) is 9.59 Å². The fourth-order valence-corrected chi connectivity index (χ4v) is 2.91. The molecule has 3 rings (SSSR count). The van der Waals surface area contributed by atoms with Crippen LogP contribution in [0.1, 0.15) is 34.1 Å². The zero-order valence-electron chi connectivity index (χ0n) is 15.8. The lowest BCUT2D eigenvalue weighted by Gasteiger charge is -2.09. The van der Waals surface area contributed by atoms with Crippen molar-refractivity contribution in [2.75, 3.05) is 5.32 Å². The lowest BCUT2D eigenvalue weighted by molar-refractivity contribution is -0.116. The predicted molar refractivity (Wildman–Crippen MR) is 103 cm³/mol. The van der Waals surface area contributed by atoms with Crippen LogP contribution in [0.2, 0.25) is 5.02 Å². The minimum absolute atomic E-state index is 0.181. The van der Waals surface area contributed by atoms with Gasteiger partial charge in [0, 0.05) is 13.5 Å². The van der Waals surface area contributed by atoms with Crippen molar-refractivity contribution in [3.05, 3.63) is 52.5 Å². The summed E-state index contributed by atoms with van der Waals surface area (Å²) < 4.78 is 8.30. The van der Waals surface area contributed by atoms with Crippen LogP contribution < -0.4 is 10.6 Å². The van der Waals surface area contributed by atoms with E-state index in [-0.39, 0.29) is 30.5 Å². The van der Waals surface area contributed by atoms with Crippen molar-refractivity contribution in [1.29, 1.82) is 0 Å². The molecule has 28 heavy (non-hydrogen) atoms. The predicted octanol–water partition coefficient (Wildman–Crippen LogP) is 2.44. The minimum atomic E-state index is -0.364. The highest BCUT2D eigenvalue weighted by molar-refractivity contribution is 6.31. The molecule has 3 heterocycles. The molecule has 0 spiro atoms. The summed E-state index contributed by atoms with van der Waals surface area (Å²) in [5, 5.41) is 14.4. The van der Waals surface area contributed by atoms with Gasteiger partial charge in [-0.3, -0.25) is 19.0 Å². The SMILES string of the molecule is Cc1nn(CCC(=O)Nc2cnn(C)c2C(=O)NCc2ccco2)c(C)c1Cl. The highest BCUT2D eigenvalue weighted by Crippen LogP contribution is 2.19. The van der Waals surface area contributed by atoms with Crippen molar-refractivity contribution in [1.82, 2.24) is 24.9 Å². The van der Waals surface area contributed by atoms with E-state index in [4.69, 9.17) is 16.0 Å². The van der Waals surface area contributed by atoms with Crippen LogP contribution in [0, 0.1) is 13.8 Å². The van der Waals surface area contributed by atoms with Crippen LogP contribution in [0.4, 0.5) is 5.69 Å². The molecule has 0 unspecified atom stereocenters. The Labute approximate surface area is 166 Å². The normalized spacial score (nSPS) is 10.9. The number of carbonyl (C=O) groups is 2. The Morgan fingerprint density at radius 3 is 2.75 bits per heavy atom. The largest absolute Gasteiger partial charge is 0.467 e. The van der Waals surface area contributed by atoms with Crippen LogP contribution >= 0.6 is 11.6 Å². The molecule has 148 valence electrons. The fraction of sp³-hybridized carbons (Fsp3) is 0.333. The number of rotatable bonds is 7. The lowest BCUT2D eigenvalue weighted by atomic mass is 10.3. The van der Waals surface area contributed by atoms with Gasteiger partial charge in [-0.05, 0) is 26.0 Å². The molecule has 0 aliphatic heterocycles. The standard InChI is InChI=1S/C18H21ClN6O3/c1-11-16(19)12(2)25(23-11)7-6-15(26)22-14-10-21-24(3)17(14)18(27)20-9-13-5-4-8-28-13/h4-5,8,10H,6-7,9H2,1-3H3,(H,20,27)(H,22,26). The summed E-state index contributed by atoms with van der Waals surface area (Å²) in [6.07, 6.45) is 3.16. The van der Waals surface area contributed by atoms with Crippen LogP contribution in [0.5, 0.6) is 0 Å². The molecule has 0 aromatic carbocycles. The van der Waals surface area contributed by atoms with Gasteiger partial charge in [-0.15, -0.1) is 0 Å². The molecular formula is C18H21ClN6O3. The second kappa shape index (κ2) is 8.30. The van der Waals surface area contributed by atoms with Crippen LogP contribution in [0.3, 0.4) is 0 Å². The first-order valence-electron chi connectivity index (χ1n) is 8.68. The summed E-state index contributed by atoms with van der Waals surface area (Å²) in [6.45, 7) is 4.28. The average Bonchev–Trinajstić information content (AvgIpc) is 3.36. The number of halogens is 1. The molecular weight excluding hydrogens is 384 g/mol. The number of hydrogen-bond donors (Lipinski definition) is 2. The zero-order valence-corrected chi connectivity index (χ0v) is 16.6. The third-order valence-corrected chi connectivity index (χ3v) is 4.82. The second-order valence-electron chi connectivity index (χ2n) is 6.30. The molecule has 0 aliphatic carbocycles. The second-order valence-corrected chi connectivity index (χ2v) is 6.68. The van der Waals surface area contributed by atoms with E-state index in [1.165, 1.54) is 17.1 Å². The third kappa shape index (κ3) is 4.25.